The lowest BCUT2D eigenvalue weighted by Gasteiger charge is -2.09. The van der Waals surface area contributed by atoms with Crippen LogP contribution in [0.5, 0.6) is 0 Å². The van der Waals surface area contributed by atoms with Crippen LogP contribution in [0.2, 0.25) is 0 Å². The monoisotopic (exact) mass is 183 g/mol. The Morgan fingerprint density at radius 2 is 2.46 bits per heavy atom. The van der Waals surface area contributed by atoms with E-state index in [-0.39, 0.29) is 12.1 Å². The Kier molecular flexibility index (Phi) is 4.09. The molecule has 0 aliphatic heterocycles. The van der Waals surface area contributed by atoms with Crippen molar-refractivity contribution in [3.05, 3.63) is 17.1 Å². The van der Waals surface area contributed by atoms with Crippen LogP contribution in [0.1, 0.15) is 32.6 Å². The molecule has 1 aliphatic rings. The van der Waals surface area contributed by atoms with Gasteiger partial charge in [0.25, 0.3) is 0 Å². The van der Waals surface area contributed by atoms with Gasteiger partial charge in [-0.1, -0.05) is 25.1 Å². The minimum absolute atomic E-state index is 0.182. The van der Waals surface area contributed by atoms with Gasteiger partial charge in [0.15, 0.2) is 0 Å². The number of hydrogen-bond donors (Lipinski definition) is 0. The Bertz CT molecular complexity index is 191. The van der Waals surface area contributed by atoms with Crippen LogP contribution in [-0.4, -0.2) is 18.8 Å². The first kappa shape index (κ1) is 10.4. The van der Waals surface area contributed by atoms with Crippen molar-refractivity contribution in [2.24, 2.45) is 5.18 Å². The summed E-state index contributed by atoms with van der Waals surface area (Å²) >= 11 is 0. The summed E-state index contributed by atoms with van der Waals surface area (Å²) in [6, 6.07) is -0.202. The lowest BCUT2D eigenvalue weighted by atomic mass is 10.2. The third-order valence-electron chi connectivity index (χ3n) is 2.43. The largest absolute Gasteiger partial charge is 0.378 e. The summed E-state index contributed by atoms with van der Waals surface area (Å²) in [6.07, 6.45) is 3.94. The van der Waals surface area contributed by atoms with Gasteiger partial charge in [-0.25, -0.2) is 0 Å². The minimum atomic E-state index is -0.202. The zero-order chi connectivity index (χ0) is 9.68. The molecule has 2 atom stereocenters. The summed E-state index contributed by atoms with van der Waals surface area (Å²) in [5.41, 5.74) is 0.927. The van der Waals surface area contributed by atoms with E-state index in [0.717, 1.165) is 37.9 Å². The Morgan fingerprint density at radius 1 is 1.69 bits per heavy atom. The summed E-state index contributed by atoms with van der Waals surface area (Å²) in [6.45, 7) is 6.73. The molecule has 0 radical (unpaired) electrons. The average Bonchev–Trinajstić information content (AvgIpc) is 2.47. The molecule has 0 N–H and O–H groups in total. The Labute approximate surface area is 79.1 Å². The highest BCUT2D eigenvalue weighted by Gasteiger charge is 2.29. The van der Waals surface area contributed by atoms with Crippen LogP contribution in [0.4, 0.5) is 0 Å². The third kappa shape index (κ3) is 2.92. The van der Waals surface area contributed by atoms with E-state index in [4.69, 9.17) is 4.74 Å². The van der Waals surface area contributed by atoms with Crippen LogP contribution in [0.25, 0.3) is 0 Å². The molecule has 0 spiro atoms. The van der Waals surface area contributed by atoms with E-state index in [2.05, 4.69) is 18.7 Å². The lowest BCUT2D eigenvalue weighted by molar-refractivity contribution is 0.0572. The number of hydrogen-bond acceptors (Lipinski definition) is 3. The zero-order valence-electron chi connectivity index (χ0n) is 8.16. The van der Waals surface area contributed by atoms with Crippen LogP contribution in [0, 0.1) is 4.91 Å². The fourth-order valence-electron chi connectivity index (χ4n) is 1.57. The summed E-state index contributed by atoms with van der Waals surface area (Å²) in [5, 5.41) is 3.02. The number of nitroso groups, excluding NO2 is 1. The molecule has 1 aliphatic carbocycles. The Balaban J connectivity index is 2.23. The smallest absolute Gasteiger partial charge is 0.115 e. The molecule has 0 aromatic carbocycles. The Morgan fingerprint density at radius 3 is 3.00 bits per heavy atom. The molecule has 0 heterocycles. The molecule has 3 nitrogen and oxygen atoms in total. The van der Waals surface area contributed by atoms with Gasteiger partial charge in [0, 0.05) is 13.0 Å². The molecule has 0 bridgehead atoms. The van der Waals surface area contributed by atoms with Crippen molar-refractivity contribution in [1.29, 1.82) is 0 Å². The van der Waals surface area contributed by atoms with Crippen molar-refractivity contribution in [1.82, 2.24) is 0 Å². The molecule has 1 saturated carbocycles. The summed E-state index contributed by atoms with van der Waals surface area (Å²) in [7, 11) is 0. The van der Waals surface area contributed by atoms with Crippen molar-refractivity contribution >= 4 is 0 Å². The lowest BCUT2D eigenvalue weighted by Crippen LogP contribution is -2.10. The molecular formula is C10H17NO2. The quantitative estimate of drug-likeness (QED) is 0.373. The van der Waals surface area contributed by atoms with E-state index < -0.39 is 0 Å². The number of rotatable bonds is 5. The molecule has 74 valence electrons. The molecule has 0 aromatic heterocycles. The maximum Gasteiger partial charge on any atom is 0.115 e. The highest BCUT2D eigenvalue weighted by Crippen LogP contribution is 2.28. The maximum absolute atomic E-state index is 10.3. The van der Waals surface area contributed by atoms with E-state index in [0.29, 0.717) is 0 Å². The normalized spacial score (nSPS) is 27.9. The number of nitrogens with zero attached hydrogens (tertiary/aromatic N) is 1. The maximum atomic E-state index is 10.3. The van der Waals surface area contributed by atoms with E-state index in [1.165, 1.54) is 0 Å². The molecule has 0 aromatic rings. The molecule has 0 amide bonds. The predicted octanol–water partition coefficient (Wildman–Crippen LogP) is 2.66. The molecule has 13 heavy (non-hydrogen) atoms. The molecular weight excluding hydrogens is 166 g/mol. The molecule has 1 rings (SSSR count). The van der Waals surface area contributed by atoms with Gasteiger partial charge < -0.3 is 4.74 Å². The van der Waals surface area contributed by atoms with Crippen LogP contribution < -0.4 is 0 Å². The fraction of sp³-hybridized carbons (Fsp3) is 0.800. The summed E-state index contributed by atoms with van der Waals surface area (Å²) in [5.74, 6) is 0. The second-order valence-electron chi connectivity index (χ2n) is 3.57. The van der Waals surface area contributed by atoms with Gasteiger partial charge >= 0.3 is 0 Å². The van der Waals surface area contributed by atoms with Gasteiger partial charge in [0.05, 0.1) is 6.10 Å². The van der Waals surface area contributed by atoms with Crippen molar-refractivity contribution in [3.8, 4) is 0 Å². The van der Waals surface area contributed by atoms with Gasteiger partial charge in [0.1, 0.15) is 6.04 Å². The van der Waals surface area contributed by atoms with E-state index in [9.17, 15) is 4.91 Å². The van der Waals surface area contributed by atoms with Crippen LogP contribution >= 0.6 is 0 Å². The third-order valence-corrected chi connectivity index (χ3v) is 2.43. The second kappa shape index (κ2) is 5.12. The van der Waals surface area contributed by atoms with Gasteiger partial charge in [-0.2, -0.15) is 4.91 Å². The van der Waals surface area contributed by atoms with Crippen LogP contribution in [0.15, 0.2) is 17.3 Å². The van der Waals surface area contributed by atoms with Gasteiger partial charge in [-0.3, -0.25) is 0 Å². The van der Waals surface area contributed by atoms with Crippen molar-refractivity contribution in [3.63, 3.8) is 0 Å². The van der Waals surface area contributed by atoms with Crippen LogP contribution in [-0.2, 0) is 4.74 Å². The van der Waals surface area contributed by atoms with Crippen molar-refractivity contribution in [2.45, 2.75) is 44.8 Å². The highest BCUT2D eigenvalue weighted by molar-refractivity contribution is 5.13. The molecule has 0 unspecified atom stereocenters. The zero-order valence-corrected chi connectivity index (χ0v) is 8.16. The first-order chi connectivity index (χ1) is 6.27. The van der Waals surface area contributed by atoms with Crippen LogP contribution in [0.3, 0.4) is 0 Å². The number of ether oxygens (including phenoxy) is 1. The fourth-order valence-corrected chi connectivity index (χ4v) is 1.57. The van der Waals surface area contributed by atoms with E-state index in [1.807, 2.05) is 0 Å². The van der Waals surface area contributed by atoms with Gasteiger partial charge in [-0.05, 0) is 18.4 Å². The van der Waals surface area contributed by atoms with E-state index in [1.54, 1.807) is 0 Å². The standard InChI is InChI=1S/C10H17NO2/c1-3-4-5-13-9-6-8(2)10(7-9)11-12/h9-10H,2-7H2,1H3/t9-,10-/m1/s1. The van der Waals surface area contributed by atoms with Crippen molar-refractivity contribution < 1.29 is 4.74 Å². The first-order valence-corrected chi connectivity index (χ1v) is 4.89. The van der Waals surface area contributed by atoms with Gasteiger partial charge in [0.2, 0.25) is 0 Å². The first-order valence-electron chi connectivity index (χ1n) is 4.89. The predicted molar refractivity (Wildman–Crippen MR) is 52.6 cm³/mol. The number of unbranched alkanes of at least 4 members (excludes halogenated alkanes) is 1. The summed E-state index contributed by atoms with van der Waals surface area (Å²) in [4.78, 5) is 10.3. The Hall–Kier alpha value is -0.700. The molecule has 3 heteroatoms. The minimum Gasteiger partial charge on any atom is -0.378 e. The van der Waals surface area contributed by atoms with E-state index >= 15 is 0 Å². The molecule has 0 saturated heterocycles. The SMILES string of the molecule is C=C1C[C@@H](OCCCC)C[C@H]1N=O. The topological polar surface area (TPSA) is 38.7 Å². The van der Waals surface area contributed by atoms with Gasteiger partial charge in [-0.15, -0.1) is 0 Å². The van der Waals surface area contributed by atoms with Crippen molar-refractivity contribution in [2.75, 3.05) is 6.61 Å². The second-order valence-corrected chi connectivity index (χ2v) is 3.57. The average molecular weight is 183 g/mol. The highest BCUT2D eigenvalue weighted by atomic mass is 16.5. The molecule has 1 fully saturated rings. The summed E-state index contributed by atoms with van der Waals surface area (Å²) < 4.78 is 5.59.